The minimum Gasteiger partial charge on any atom is -0.450 e. The SMILES string of the molecule is C[C@@H](OC(=O)c1cccn1C)C(=O)c1ccc(NS(C)(=O)=O)cc1. The third kappa shape index (κ3) is 4.45. The topological polar surface area (TPSA) is 94.5 Å². The maximum Gasteiger partial charge on any atom is 0.355 e. The molecule has 2 aromatic rings. The molecule has 0 aliphatic rings. The Bertz CT molecular complexity index is 853. The van der Waals surface area contributed by atoms with Crippen LogP contribution in [0, 0.1) is 0 Å². The van der Waals surface area contributed by atoms with Crippen molar-refractivity contribution in [2.24, 2.45) is 7.05 Å². The minimum atomic E-state index is -3.38. The van der Waals surface area contributed by atoms with E-state index in [0.29, 0.717) is 16.9 Å². The summed E-state index contributed by atoms with van der Waals surface area (Å²) in [6.45, 7) is 1.49. The number of aryl methyl sites for hydroxylation is 1. The number of nitrogens with one attached hydrogen (secondary N) is 1. The van der Waals surface area contributed by atoms with Crippen LogP contribution >= 0.6 is 0 Å². The second-order valence-electron chi connectivity index (χ2n) is 5.37. The third-order valence-electron chi connectivity index (χ3n) is 3.28. The van der Waals surface area contributed by atoms with Crippen molar-refractivity contribution < 1.29 is 22.7 Å². The Kier molecular flexibility index (Phi) is 5.08. The molecule has 24 heavy (non-hydrogen) atoms. The van der Waals surface area contributed by atoms with Crippen LogP contribution in [0.15, 0.2) is 42.6 Å². The summed E-state index contributed by atoms with van der Waals surface area (Å²) in [6.07, 6.45) is 1.79. The van der Waals surface area contributed by atoms with Gasteiger partial charge in [0.05, 0.1) is 6.26 Å². The molecule has 1 atom stereocenters. The lowest BCUT2D eigenvalue weighted by atomic mass is 10.1. The molecule has 0 unspecified atom stereocenters. The summed E-state index contributed by atoms with van der Waals surface area (Å²) >= 11 is 0. The molecule has 128 valence electrons. The molecule has 0 spiro atoms. The number of nitrogens with zero attached hydrogens (tertiary/aromatic N) is 1. The molecule has 0 radical (unpaired) electrons. The Morgan fingerprint density at radius 1 is 1.17 bits per heavy atom. The number of anilines is 1. The first-order valence-corrected chi connectivity index (χ1v) is 9.01. The van der Waals surface area contributed by atoms with Gasteiger partial charge in [-0.05, 0) is 43.3 Å². The monoisotopic (exact) mass is 350 g/mol. The van der Waals surface area contributed by atoms with Crippen LogP contribution in [0.5, 0.6) is 0 Å². The van der Waals surface area contributed by atoms with Crippen molar-refractivity contribution >= 4 is 27.5 Å². The highest BCUT2D eigenvalue weighted by Gasteiger charge is 2.21. The number of benzene rings is 1. The van der Waals surface area contributed by atoms with Gasteiger partial charge in [0.2, 0.25) is 15.8 Å². The summed E-state index contributed by atoms with van der Waals surface area (Å²) in [4.78, 5) is 24.3. The molecule has 1 heterocycles. The van der Waals surface area contributed by atoms with Gasteiger partial charge in [0.1, 0.15) is 5.69 Å². The van der Waals surface area contributed by atoms with Crippen LogP contribution < -0.4 is 4.72 Å². The van der Waals surface area contributed by atoms with Gasteiger partial charge in [0.25, 0.3) is 0 Å². The Labute approximate surface area is 140 Å². The normalized spacial score (nSPS) is 12.5. The van der Waals surface area contributed by atoms with Crippen molar-refractivity contribution in [2.75, 3.05) is 11.0 Å². The number of ketones is 1. The van der Waals surface area contributed by atoms with E-state index in [1.807, 2.05) is 0 Å². The van der Waals surface area contributed by atoms with Gasteiger partial charge >= 0.3 is 5.97 Å². The second-order valence-corrected chi connectivity index (χ2v) is 7.12. The van der Waals surface area contributed by atoms with Crippen LogP contribution in [-0.4, -0.2) is 37.1 Å². The lowest BCUT2D eigenvalue weighted by molar-refractivity contribution is 0.0309. The molecule has 1 aromatic carbocycles. The second kappa shape index (κ2) is 6.88. The molecule has 2 rings (SSSR count). The highest BCUT2D eigenvalue weighted by Crippen LogP contribution is 2.14. The largest absolute Gasteiger partial charge is 0.450 e. The van der Waals surface area contributed by atoms with Gasteiger partial charge in [-0.2, -0.15) is 0 Å². The fourth-order valence-corrected chi connectivity index (χ4v) is 2.66. The van der Waals surface area contributed by atoms with Crippen molar-refractivity contribution in [3.63, 3.8) is 0 Å². The van der Waals surface area contributed by atoms with Gasteiger partial charge in [0.15, 0.2) is 6.10 Å². The summed E-state index contributed by atoms with van der Waals surface area (Å²) < 4.78 is 31.4. The smallest absolute Gasteiger partial charge is 0.355 e. The number of carbonyl (C=O) groups excluding carboxylic acids is 2. The first-order chi connectivity index (χ1) is 11.2. The third-order valence-corrected chi connectivity index (χ3v) is 3.89. The maximum absolute atomic E-state index is 12.3. The molecular formula is C16H18N2O5S. The zero-order valence-electron chi connectivity index (χ0n) is 13.5. The van der Waals surface area contributed by atoms with Crippen LogP contribution in [-0.2, 0) is 21.8 Å². The van der Waals surface area contributed by atoms with Crippen LogP contribution in [0.2, 0.25) is 0 Å². The van der Waals surface area contributed by atoms with E-state index in [0.717, 1.165) is 6.26 Å². The Morgan fingerprint density at radius 2 is 1.79 bits per heavy atom. The predicted octanol–water partition coefficient (Wildman–Crippen LogP) is 1.82. The van der Waals surface area contributed by atoms with E-state index in [9.17, 15) is 18.0 Å². The van der Waals surface area contributed by atoms with Gasteiger partial charge < -0.3 is 9.30 Å². The molecule has 0 saturated carbocycles. The molecule has 7 nitrogen and oxygen atoms in total. The molecule has 0 fully saturated rings. The average Bonchev–Trinajstić information content (AvgIpc) is 2.92. The fourth-order valence-electron chi connectivity index (χ4n) is 2.10. The van der Waals surface area contributed by atoms with E-state index in [4.69, 9.17) is 4.74 Å². The van der Waals surface area contributed by atoms with E-state index < -0.39 is 22.1 Å². The van der Waals surface area contributed by atoms with E-state index in [-0.39, 0.29) is 5.78 Å². The summed E-state index contributed by atoms with van der Waals surface area (Å²) in [5, 5.41) is 0. The lowest BCUT2D eigenvalue weighted by Crippen LogP contribution is -2.25. The number of carbonyl (C=O) groups is 2. The number of hydrogen-bond acceptors (Lipinski definition) is 5. The molecule has 0 bridgehead atoms. The van der Waals surface area contributed by atoms with E-state index in [1.165, 1.54) is 31.2 Å². The summed E-state index contributed by atoms with van der Waals surface area (Å²) in [5.74, 6) is -0.956. The molecule has 0 aliphatic carbocycles. The van der Waals surface area contributed by atoms with Gasteiger partial charge in [-0.1, -0.05) is 0 Å². The van der Waals surface area contributed by atoms with Crippen LogP contribution in [0.1, 0.15) is 27.8 Å². The fraction of sp³-hybridized carbons (Fsp3) is 0.250. The van der Waals surface area contributed by atoms with Crippen LogP contribution in [0.25, 0.3) is 0 Å². The predicted molar refractivity (Wildman–Crippen MR) is 89.5 cm³/mol. The van der Waals surface area contributed by atoms with Gasteiger partial charge in [-0.15, -0.1) is 0 Å². The quantitative estimate of drug-likeness (QED) is 0.633. The number of aromatic nitrogens is 1. The first-order valence-electron chi connectivity index (χ1n) is 7.12. The molecule has 8 heteroatoms. The van der Waals surface area contributed by atoms with Crippen molar-refractivity contribution in [3.05, 3.63) is 53.9 Å². The molecule has 1 N–H and O–H groups in total. The molecule has 0 aliphatic heterocycles. The maximum atomic E-state index is 12.3. The van der Waals surface area contributed by atoms with Crippen LogP contribution in [0.3, 0.4) is 0 Å². The summed E-state index contributed by atoms with van der Waals surface area (Å²) in [6, 6.07) is 9.20. The van der Waals surface area contributed by atoms with Crippen molar-refractivity contribution in [1.29, 1.82) is 0 Å². The summed E-state index contributed by atoms with van der Waals surface area (Å²) in [5.41, 5.74) is 1.02. The Balaban J connectivity index is 2.05. The number of sulfonamides is 1. The number of Topliss-reactive ketones (excluding diaryl/α,β-unsaturated/α-hetero) is 1. The lowest BCUT2D eigenvalue weighted by Gasteiger charge is -2.13. The van der Waals surface area contributed by atoms with E-state index in [2.05, 4.69) is 4.72 Å². The van der Waals surface area contributed by atoms with Gasteiger partial charge in [0, 0.05) is 24.5 Å². The number of rotatable bonds is 6. The zero-order valence-corrected chi connectivity index (χ0v) is 14.3. The number of esters is 1. The first kappa shape index (κ1) is 17.7. The van der Waals surface area contributed by atoms with Gasteiger partial charge in [-0.3, -0.25) is 9.52 Å². The van der Waals surface area contributed by atoms with E-state index >= 15 is 0 Å². The van der Waals surface area contributed by atoms with Crippen molar-refractivity contribution in [1.82, 2.24) is 4.57 Å². The molecular weight excluding hydrogens is 332 g/mol. The molecule has 0 saturated heterocycles. The highest BCUT2D eigenvalue weighted by molar-refractivity contribution is 7.92. The Hall–Kier alpha value is -2.61. The van der Waals surface area contributed by atoms with E-state index in [1.54, 1.807) is 29.9 Å². The van der Waals surface area contributed by atoms with Gasteiger partial charge in [-0.25, -0.2) is 13.2 Å². The Morgan fingerprint density at radius 3 is 2.29 bits per heavy atom. The summed E-state index contributed by atoms with van der Waals surface area (Å²) in [7, 11) is -1.67. The van der Waals surface area contributed by atoms with Crippen molar-refractivity contribution in [2.45, 2.75) is 13.0 Å². The standard InChI is InChI=1S/C16H18N2O5S/c1-11(23-16(20)14-5-4-10-18(14)2)15(19)12-6-8-13(9-7-12)17-24(3,21)22/h4-11,17H,1-3H3/t11-/m1/s1. The molecule has 0 amide bonds. The average molecular weight is 350 g/mol. The minimum absolute atomic E-state index is 0.321. The highest BCUT2D eigenvalue weighted by atomic mass is 32.2. The number of hydrogen-bond donors (Lipinski definition) is 1. The zero-order chi connectivity index (χ0) is 17.9. The van der Waals surface area contributed by atoms with Crippen LogP contribution in [0.4, 0.5) is 5.69 Å². The number of ether oxygens (including phenoxy) is 1. The molecule has 1 aromatic heterocycles. The van der Waals surface area contributed by atoms with Crippen molar-refractivity contribution in [3.8, 4) is 0 Å².